The van der Waals surface area contributed by atoms with Gasteiger partial charge in [-0.05, 0) is 67.2 Å². The summed E-state index contributed by atoms with van der Waals surface area (Å²) >= 11 is 5.86. The maximum Gasteiger partial charge on any atom is 0.276 e. The van der Waals surface area contributed by atoms with E-state index in [1.54, 1.807) is 54.6 Å². The van der Waals surface area contributed by atoms with E-state index in [0.717, 1.165) is 12.8 Å². The molecule has 0 unspecified atom stereocenters. The van der Waals surface area contributed by atoms with Crippen LogP contribution in [0.2, 0.25) is 5.02 Å². The Bertz CT molecular complexity index is 1380. The number of ether oxygens (including phenoxy) is 1. The second kappa shape index (κ2) is 11.7. The number of hydrogen-bond acceptors (Lipinski definition) is 6. The quantitative estimate of drug-likeness (QED) is 0.231. The van der Waals surface area contributed by atoms with Crippen LogP contribution in [-0.4, -0.2) is 57.7 Å². The van der Waals surface area contributed by atoms with Crippen molar-refractivity contribution in [3.8, 4) is 11.6 Å². The van der Waals surface area contributed by atoms with Crippen LogP contribution in [0, 0.1) is 22.0 Å². The van der Waals surface area contributed by atoms with Gasteiger partial charge in [0, 0.05) is 56.1 Å². The zero-order valence-corrected chi connectivity index (χ0v) is 21.9. The van der Waals surface area contributed by atoms with Crippen LogP contribution in [0.15, 0.2) is 72.9 Å². The second-order valence-electron chi connectivity index (χ2n) is 9.72. The molecule has 0 saturated carbocycles. The molecule has 0 aliphatic carbocycles. The number of likely N-dealkylation sites (tertiary alicyclic amines) is 2. The number of carbonyl (C=O) groups is 2. The van der Waals surface area contributed by atoms with Crippen LogP contribution in [0.5, 0.6) is 11.6 Å². The van der Waals surface area contributed by atoms with Crippen LogP contribution in [0.25, 0.3) is 6.08 Å². The number of nitro benzene ring substituents is 1. The van der Waals surface area contributed by atoms with Gasteiger partial charge in [-0.15, -0.1) is 0 Å². The molecule has 0 N–H and O–H groups in total. The van der Waals surface area contributed by atoms with Gasteiger partial charge in [0.25, 0.3) is 11.6 Å². The number of carbonyl (C=O) groups excluding carboxylic acids is 2. The predicted molar refractivity (Wildman–Crippen MR) is 147 cm³/mol. The van der Waals surface area contributed by atoms with E-state index in [1.165, 1.54) is 24.4 Å². The molecule has 2 saturated heterocycles. The highest BCUT2D eigenvalue weighted by molar-refractivity contribution is 6.30. The summed E-state index contributed by atoms with van der Waals surface area (Å²) in [6, 6.07) is 16.7. The van der Waals surface area contributed by atoms with Gasteiger partial charge in [0.2, 0.25) is 11.8 Å². The predicted octanol–water partition coefficient (Wildman–Crippen LogP) is 5.46. The Kier molecular flexibility index (Phi) is 7.88. The topological polar surface area (TPSA) is 106 Å². The van der Waals surface area contributed by atoms with Gasteiger partial charge in [0.15, 0.2) is 0 Å². The van der Waals surface area contributed by atoms with Gasteiger partial charge in [-0.2, -0.15) is 0 Å². The highest BCUT2D eigenvalue weighted by Crippen LogP contribution is 2.33. The molecule has 2 aliphatic rings. The highest BCUT2D eigenvalue weighted by Gasteiger charge is 2.37. The molecule has 5 rings (SSSR count). The molecule has 0 bridgehead atoms. The van der Waals surface area contributed by atoms with E-state index in [9.17, 15) is 19.7 Å². The summed E-state index contributed by atoms with van der Waals surface area (Å²) in [5.74, 6) is 1.45. The molecule has 0 radical (unpaired) electrons. The first-order chi connectivity index (χ1) is 18.9. The molecule has 10 heteroatoms. The van der Waals surface area contributed by atoms with Gasteiger partial charge in [-0.25, -0.2) is 4.98 Å². The average molecular weight is 547 g/mol. The minimum atomic E-state index is -0.452. The number of rotatable bonds is 6. The van der Waals surface area contributed by atoms with Crippen molar-refractivity contribution >= 4 is 35.2 Å². The minimum absolute atomic E-state index is 0.0218. The summed E-state index contributed by atoms with van der Waals surface area (Å²) in [5, 5.41) is 11.7. The van der Waals surface area contributed by atoms with Crippen molar-refractivity contribution in [1.29, 1.82) is 0 Å². The summed E-state index contributed by atoms with van der Waals surface area (Å²) in [6.45, 7) is 2.50. The van der Waals surface area contributed by atoms with Gasteiger partial charge in [-0.1, -0.05) is 23.7 Å². The molecular weight excluding hydrogens is 520 g/mol. The van der Waals surface area contributed by atoms with Crippen molar-refractivity contribution in [3.05, 3.63) is 99.2 Å². The molecule has 1 aromatic heterocycles. The highest BCUT2D eigenvalue weighted by atomic mass is 35.5. The van der Waals surface area contributed by atoms with Crippen molar-refractivity contribution in [2.24, 2.45) is 11.8 Å². The standard InChI is InChI=1S/C29H27ClN4O5/c30-24-8-11-27(31-17-24)39-25-9-5-21(6-10-25)29(36)32-15-13-22-18-33(19-23(22)14-16-32)28(35)12-7-20-3-1-2-4-26(20)34(37)38/h1-12,17,22-23H,13-16,18-19H2/b12-7+/t22-,23+. The Morgan fingerprint density at radius 1 is 0.974 bits per heavy atom. The third-order valence-corrected chi connectivity index (χ3v) is 7.50. The number of amides is 2. The van der Waals surface area contributed by atoms with Crippen LogP contribution >= 0.6 is 11.6 Å². The number of nitro groups is 1. The van der Waals surface area contributed by atoms with E-state index in [2.05, 4.69) is 4.98 Å². The van der Waals surface area contributed by atoms with Crippen LogP contribution in [0.4, 0.5) is 5.69 Å². The third kappa shape index (κ3) is 6.26. The normalized spacial score (nSPS) is 19.0. The van der Waals surface area contributed by atoms with E-state index >= 15 is 0 Å². The zero-order valence-electron chi connectivity index (χ0n) is 21.1. The molecule has 2 atom stereocenters. The van der Waals surface area contributed by atoms with E-state index < -0.39 is 4.92 Å². The number of benzene rings is 2. The number of nitrogens with zero attached hydrogens (tertiary/aromatic N) is 4. The maximum atomic E-state index is 13.2. The number of pyridine rings is 1. The summed E-state index contributed by atoms with van der Waals surface area (Å²) in [5.41, 5.74) is 0.966. The summed E-state index contributed by atoms with van der Waals surface area (Å²) in [4.78, 5) is 44.6. The Labute approximate surface area is 230 Å². The van der Waals surface area contributed by atoms with E-state index in [4.69, 9.17) is 16.3 Å². The SMILES string of the molecule is O=C(/C=C/c1ccccc1[N+](=O)[O-])N1C[C@H]2CCN(C(=O)c3ccc(Oc4ccc(Cl)cn4)cc3)CC[C@H]2C1. The Morgan fingerprint density at radius 2 is 1.67 bits per heavy atom. The molecule has 200 valence electrons. The van der Waals surface area contributed by atoms with E-state index in [0.29, 0.717) is 65.8 Å². The molecule has 39 heavy (non-hydrogen) atoms. The lowest BCUT2D eigenvalue weighted by atomic mass is 9.92. The van der Waals surface area contributed by atoms with Crippen LogP contribution in [0.1, 0.15) is 28.8 Å². The van der Waals surface area contributed by atoms with Crippen LogP contribution < -0.4 is 4.74 Å². The number of fused-ring (bicyclic) bond motifs is 1. The minimum Gasteiger partial charge on any atom is -0.439 e. The fourth-order valence-electron chi connectivity index (χ4n) is 5.18. The maximum absolute atomic E-state index is 13.2. The summed E-state index contributed by atoms with van der Waals surface area (Å²) < 4.78 is 5.71. The van der Waals surface area contributed by atoms with Crippen molar-refractivity contribution in [1.82, 2.24) is 14.8 Å². The molecule has 9 nitrogen and oxygen atoms in total. The Hall–Kier alpha value is -4.24. The van der Waals surface area contributed by atoms with Gasteiger partial charge < -0.3 is 14.5 Å². The lowest BCUT2D eigenvalue weighted by Crippen LogP contribution is -2.33. The van der Waals surface area contributed by atoms with Gasteiger partial charge in [0.05, 0.1) is 15.5 Å². The molecule has 2 fully saturated rings. The number of para-hydroxylation sites is 1. The third-order valence-electron chi connectivity index (χ3n) is 7.28. The van der Waals surface area contributed by atoms with E-state index in [1.807, 2.05) is 9.80 Å². The van der Waals surface area contributed by atoms with Crippen LogP contribution in [-0.2, 0) is 4.79 Å². The fraction of sp³-hybridized carbons (Fsp3) is 0.276. The molecule has 3 aromatic rings. The molecule has 2 amide bonds. The Balaban J connectivity index is 1.15. The molecule has 2 aromatic carbocycles. The molecule has 2 aliphatic heterocycles. The lowest BCUT2D eigenvalue weighted by molar-refractivity contribution is -0.385. The van der Waals surface area contributed by atoms with Crippen molar-refractivity contribution in [2.45, 2.75) is 12.8 Å². The van der Waals surface area contributed by atoms with Crippen LogP contribution in [0.3, 0.4) is 0 Å². The number of hydrogen-bond donors (Lipinski definition) is 0. The Morgan fingerprint density at radius 3 is 2.31 bits per heavy atom. The fourth-order valence-corrected chi connectivity index (χ4v) is 5.30. The van der Waals surface area contributed by atoms with Crippen molar-refractivity contribution in [3.63, 3.8) is 0 Å². The summed E-state index contributed by atoms with van der Waals surface area (Å²) in [6.07, 6.45) is 6.07. The first-order valence-corrected chi connectivity index (χ1v) is 13.1. The number of aromatic nitrogens is 1. The van der Waals surface area contributed by atoms with Crippen molar-refractivity contribution < 1.29 is 19.2 Å². The first kappa shape index (κ1) is 26.4. The smallest absolute Gasteiger partial charge is 0.276 e. The average Bonchev–Trinajstić information content (AvgIpc) is 3.26. The lowest BCUT2D eigenvalue weighted by Gasteiger charge is -2.22. The number of halogens is 1. The van der Waals surface area contributed by atoms with E-state index in [-0.39, 0.29) is 17.5 Å². The largest absolute Gasteiger partial charge is 0.439 e. The zero-order chi connectivity index (χ0) is 27.4. The van der Waals surface area contributed by atoms with Crippen molar-refractivity contribution in [2.75, 3.05) is 26.2 Å². The molecule has 3 heterocycles. The first-order valence-electron chi connectivity index (χ1n) is 12.8. The molecule has 0 spiro atoms. The molecular formula is C29H27ClN4O5. The van der Waals surface area contributed by atoms with Gasteiger partial charge in [-0.3, -0.25) is 19.7 Å². The monoisotopic (exact) mass is 546 g/mol. The second-order valence-corrected chi connectivity index (χ2v) is 10.2. The summed E-state index contributed by atoms with van der Waals surface area (Å²) in [7, 11) is 0. The van der Waals surface area contributed by atoms with Gasteiger partial charge >= 0.3 is 0 Å². The van der Waals surface area contributed by atoms with Gasteiger partial charge in [0.1, 0.15) is 5.75 Å².